The highest BCUT2D eigenvalue weighted by atomic mass is 32.2. The molecule has 33 heavy (non-hydrogen) atoms. The van der Waals surface area contributed by atoms with Crippen molar-refractivity contribution in [1.29, 1.82) is 0 Å². The van der Waals surface area contributed by atoms with Crippen LogP contribution in [0, 0.1) is 6.92 Å². The van der Waals surface area contributed by atoms with Gasteiger partial charge in [-0.25, -0.2) is 0 Å². The molecular weight excluding hydrogens is 460 g/mol. The van der Waals surface area contributed by atoms with Crippen molar-refractivity contribution in [3.63, 3.8) is 0 Å². The Labute approximate surface area is 195 Å². The number of ether oxygens (including phenoxy) is 1. The Bertz CT molecular complexity index is 1340. The summed E-state index contributed by atoms with van der Waals surface area (Å²) in [6.45, 7) is 2.33. The second-order valence-corrected chi connectivity index (χ2v) is 9.93. The minimum Gasteiger partial charge on any atom is -0.489 e. The van der Waals surface area contributed by atoms with Crippen molar-refractivity contribution in [2.45, 2.75) is 17.9 Å². The van der Waals surface area contributed by atoms with Gasteiger partial charge in [0.15, 0.2) is 0 Å². The van der Waals surface area contributed by atoms with Gasteiger partial charge in [-0.05, 0) is 48.9 Å². The number of nitrogens with one attached hydrogen (secondary N) is 2. The third-order valence-electron chi connectivity index (χ3n) is 4.53. The van der Waals surface area contributed by atoms with E-state index in [1.165, 1.54) is 0 Å². The molecule has 4 rings (SSSR count). The fraction of sp³-hybridized carbons (Fsp3) is 0.0870. The molecule has 168 valence electrons. The SMILES string of the molecule is Cc1ccc(C(=O)Nc2nnc(S(=O)(=O)Nc3ccc(OCc4ccccc4)cc3)s2)cc1. The lowest BCUT2D eigenvalue weighted by atomic mass is 10.1. The van der Waals surface area contributed by atoms with Gasteiger partial charge in [0.05, 0.1) is 0 Å². The maximum atomic E-state index is 12.7. The number of aromatic nitrogens is 2. The summed E-state index contributed by atoms with van der Waals surface area (Å²) in [5, 5.41) is 10.1. The molecule has 0 atom stereocenters. The quantitative estimate of drug-likeness (QED) is 0.360. The van der Waals surface area contributed by atoms with E-state index in [2.05, 4.69) is 20.2 Å². The van der Waals surface area contributed by atoms with E-state index >= 15 is 0 Å². The van der Waals surface area contributed by atoms with Gasteiger partial charge < -0.3 is 4.74 Å². The highest BCUT2D eigenvalue weighted by molar-refractivity contribution is 7.94. The van der Waals surface area contributed by atoms with Crippen LogP contribution in [0.3, 0.4) is 0 Å². The van der Waals surface area contributed by atoms with E-state index in [1.54, 1.807) is 36.4 Å². The number of nitrogens with zero attached hydrogens (tertiary/aromatic N) is 2. The van der Waals surface area contributed by atoms with Gasteiger partial charge in [0.1, 0.15) is 12.4 Å². The fourth-order valence-corrected chi connectivity index (χ4v) is 4.76. The van der Waals surface area contributed by atoms with Crippen LogP contribution in [0.2, 0.25) is 0 Å². The Balaban J connectivity index is 1.37. The second-order valence-electron chi connectivity index (χ2n) is 7.10. The van der Waals surface area contributed by atoms with Crippen LogP contribution in [-0.4, -0.2) is 24.5 Å². The van der Waals surface area contributed by atoms with E-state index in [0.717, 1.165) is 22.5 Å². The first-order valence-electron chi connectivity index (χ1n) is 9.90. The monoisotopic (exact) mass is 480 g/mol. The Morgan fingerprint density at radius 2 is 1.64 bits per heavy atom. The zero-order valence-electron chi connectivity index (χ0n) is 17.6. The fourth-order valence-electron chi connectivity index (χ4n) is 2.80. The van der Waals surface area contributed by atoms with Gasteiger partial charge in [-0.3, -0.25) is 14.8 Å². The lowest BCUT2D eigenvalue weighted by molar-refractivity contribution is 0.102. The molecule has 1 heterocycles. The van der Waals surface area contributed by atoms with Crippen LogP contribution in [0.25, 0.3) is 0 Å². The summed E-state index contributed by atoms with van der Waals surface area (Å²) >= 11 is 0.765. The number of carbonyl (C=O) groups is 1. The summed E-state index contributed by atoms with van der Waals surface area (Å²) in [5.41, 5.74) is 2.84. The maximum absolute atomic E-state index is 12.7. The molecule has 4 aromatic rings. The summed E-state index contributed by atoms with van der Waals surface area (Å²) in [6.07, 6.45) is 0. The minimum atomic E-state index is -3.96. The molecule has 2 N–H and O–H groups in total. The molecule has 3 aromatic carbocycles. The van der Waals surface area contributed by atoms with E-state index in [1.807, 2.05) is 49.4 Å². The molecule has 1 amide bonds. The van der Waals surface area contributed by atoms with E-state index in [-0.39, 0.29) is 9.47 Å². The number of sulfonamides is 1. The summed E-state index contributed by atoms with van der Waals surface area (Å²) < 4.78 is 33.2. The highest BCUT2D eigenvalue weighted by Gasteiger charge is 2.21. The highest BCUT2D eigenvalue weighted by Crippen LogP contribution is 2.24. The molecule has 0 aliphatic carbocycles. The number of carbonyl (C=O) groups excluding carboxylic acids is 1. The van der Waals surface area contributed by atoms with Crippen molar-refractivity contribution in [2.24, 2.45) is 0 Å². The molecule has 0 aliphatic rings. The van der Waals surface area contributed by atoms with Crippen molar-refractivity contribution >= 4 is 38.1 Å². The Kier molecular flexibility index (Phi) is 6.66. The number of rotatable bonds is 8. The molecule has 0 radical (unpaired) electrons. The zero-order valence-corrected chi connectivity index (χ0v) is 19.2. The summed E-state index contributed by atoms with van der Waals surface area (Å²) in [6, 6.07) is 23.2. The molecule has 0 bridgehead atoms. The molecule has 10 heteroatoms. The summed E-state index contributed by atoms with van der Waals surface area (Å²) in [5.74, 6) is 0.216. The number of aryl methyl sites for hydroxylation is 1. The number of hydrogen-bond acceptors (Lipinski definition) is 7. The van der Waals surface area contributed by atoms with Crippen molar-refractivity contribution in [1.82, 2.24) is 10.2 Å². The van der Waals surface area contributed by atoms with Crippen LogP contribution in [0.4, 0.5) is 10.8 Å². The predicted octanol–water partition coefficient (Wildman–Crippen LogP) is 4.48. The molecule has 0 fully saturated rings. The minimum absolute atomic E-state index is 0.0885. The Morgan fingerprint density at radius 3 is 2.33 bits per heavy atom. The average Bonchev–Trinajstić information content (AvgIpc) is 3.29. The van der Waals surface area contributed by atoms with Gasteiger partial charge >= 0.3 is 0 Å². The van der Waals surface area contributed by atoms with Gasteiger partial charge in [0.2, 0.25) is 5.13 Å². The Morgan fingerprint density at radius 1 is 0.939 bits per heavy atom. The smallest absolute Gasteiger partial charge is 0.291 e. The third-order valence-corrected chi connectivity index (χ3v) is 7.11. The van der Waals surface area contributed by atoms with Crippen LogP contribution in [-0.2, 0) is 16.6 Å². The Hall–Kier alpha value is -3.76. The van der Waals surface area contributed by atoms with Crippen molar-refractivity contribution < 1.29 is 17.9 Å². The largest absolute Gasteiger partial charge is 0.489 e. The molecule has 0 spiro atoms. The predicted molar refractivity (Wildman–Crippen MR) is 127 cm³/mol. The lowest BCUT2D eigenvalue weighted by Crippen LogP contribution is -2.12. The van der Waals surface area contributed by atoms with E-state index in [0.29, 0.717) is 23.6 Å². The number of anilines is 2. The molecule has 0 saturated carbocycles. The third kappa shape index (κ3) is 5.93. The van der Waals surface area contributed by atoms with Crippen LogP contribution in [0.5, 0.6) is 5.75 Å². The first kappa shape index (κ1) is 22.4. The van der Waals surface area contributed by atoms with Crippen molar-refractivity contribution in [3.8, 4) is 5.75 Å². The molecular formula is C23H20N4O4S2. The van der Waals surface area contributed by atoms with Crippen LogP contribution < -0.4 is 14.8 Å². The van der Waals surface area contributed by atoms with Gasteiger partial charge in [-0.2, -0.15) is 8.42 Å². The van der Waals surface area contributed by atoms with E-state index < -0.39 is 15.9 Å². The second kappa shape index (κ2) is 9.80. The topological polar surface area (TPSA) is 110 Å². The summed E-state index contributed by atoms with van der Waals surface area (Å²) in [7, 11) is -3.96. The molecule has 0 aliphatic heterocycles. The van der Waals surface area contributed by atoms with Crippen LogP contribution >= 0.6 is 11.3 Å². The van der Waals surface area contributed by atoms with E-state index in [4.69, 9.17) is 4.74 Å². The van der Waals surface area contributed by atoms with Crippen molar-refractivity contribution in [2.75, 3.05) is 10.0 Å². The number of benzene rings is 3. The van der Waals surface area contributed by atoms with Gasteiger partial charge in [-0.1, -0.05) is 59.4 Å². The first-order valence-corrected chi connectivity index (χ1v) is 12.2. The molecule has 8 nitrogen and oxygen atoms in total. The lowest BCUT2D eigenvalue weighted by Gasteiger charge is -2.08. The standard InChI is InChI=1S/C23H20N4O4S2/c1-16-7-9-18(10-8-16)21(28)24-22-25-26-23(32-22)33(29,30)27-19-11-13-20(14-12-19)31-15-17-5-3-2-4-6-17/h2-14,27H,15H2,1H3,(H,24,25,28). The van der Waals surface area contributed by atoms with Gasteiger partial charge in [0.25, 0.3) is 20.3 Å². The number of amides is 1. The van der Waals surface area contributed by atoms with Gasteiger partial charge in [-0.15, -0.1) is 10.2 Å². The molecule has 0 saturated heterocycles. The van der Waals surface area contributed by atoms with E-state index in [9.17, 15) is 13.2 Å². The average molecular weight is 481 g/mol. The first-order chi connectivity index (χ1) is 15.9. The van der Waals surface area contributed by atoms with Gasteiger partial charge in [0, 0.05) is 11.3 Å². The summed E-state index contributed by atoms with van der Waals surface area (Å²) in [4.78, 5) is 12.3. The molecule has 1 aromatic heterocycles. The number of hydrogen-bond donors (Lipinski definition) is 2. The van der Waals surface area contributed by atoms with Crippen LogP contribution in [0.1, 0.15) is 21.5 Å². The maximum Gasteiger partial charge on any atom is 0.291 e. The molecule has 0 unspecified atom stereocenters. The van der Waals surface area contributed by atoms with Crippen LogP contribution in [0.15, 0.2) is 83.2 Å². The normalized spacial score (nSPS) is 11.1. The van der Waals surface area contributed by atoms with Crippen molar-refractivity contribution in [3.05, 3.63) is 95.6 Å². The zero-order chi connectivity index (χ0) is 23.3.